The third-order valence-corrected chi connectivity index (χ3v) is 5.47. The summed E-state index contributed by atoms with van der Waals surface area (Å²) in [7, 11) is 0. The van der Waals surface area contributed by atoms with Crippen molar-refractivity contribution in [2.45, 2.75) is 148 Å². The van der Waals surface area contributed by atoms with Gasteiger partial charge in [-0.3, -0.25) is 0 Å². The van der Waals surface area contributed by atoms with E-state index in [4.69, 9.17) is 9.47 Å². The molecular weight excluding hydrogens is 308 g/mol. The zero-order valence-corrected chi connectivity index (χ0v) is 17.8. The van der Waals surface area contributed by atoms with Crippen molar-refractivity contribution in [1.82, 2.24) is 0 Å². The van der Waals surface area contributed by atoms with E-state index >= 15 is 0 Å². The van der Waals surface area contributed by atoms with Crippen LogP contribution in [-0.2, 0) is 9.47 Å². The largest absolute Gasteiger partial charge is 0.345 e. The topological polar surface area (TPSA) is 18.5 Å². The van der Waals surface area contributed by atoms with Crippen LogP contribution < -0.4 is 0 Å². The van der Waals surface area contributed by atoms with E-state index in [0.29, 0.717) is 12.2 Å². The highest BCUT2D eigenvalue weighted by atomic mass is 16.7. The zero-order chi connectivity index (χ0) is 18.4. The van der Waals surface area contributed by atoms with Crippen molar-refractivity contribution in [3.05, 3.63) is 0 Å². The van der Waals surface area contributed by atoms with Crippen molar-refractivity contribution < 1.29 is 9.47 Å². The van der Waals surface area contributed by atoms with Gasteiger partial charge in [0.2, 0.25) is 0 Å². The maximum absolute atomic E-state index is 6.14. The molecule has 2 atom stereocenters. The number of unbranched alkanes of at least 4 members (excludes halogenated alkanes) is 12. The fraction of sp³-hybridized carbons (Fsp3) is 1.00. The van der Waals surface area contributed by atoms with Gasteiger partial charge in [0.15, 0.2) is 5.79 Å². The molecule has 2 unspecified atom stereocenters. The molecule has 0 saturated carbocycles. The molecule has 2 heteroatoms. The summed E-state index contributed by atoms with van der Waals surface area (Å²) in [6.07, 6.45) is 22.4. The molecule has 0 radical (unpaired) electrons. The van der Waals surface area contributed by atoms with E-state index in [0.717, 1.165) is 6.42 Å². The maximum Gasteiger partial charge on any atom is 0.163 e. The lowest BCUT2D eigenvalue weighted by molar-refractivity contribution is -0.147. The Morgan fingerprint density at radius 2 is 0.880 bits per heavy atom. The summed E-state index contributed by atoms with van der Waals surface area (Å²) in [6, 6.07) is 0. The zero-order valence-electron chi connectivity index (χ0n) is 17.8. The van der Waals surface area contributed by atoms with Gasteiger partial charge < -0.3 is 9.47 Å². The fourth-order valence-electron chi connectivity index (χ4n) is 3.99. The second kappa shape index (κ2) is 14.0. The minimum Gasteiger partial charge on any atom is -0.345 e. The van der Waals surface area contributed by atoms with Gasteiger partial charge in [-0.25, -0.2) is 0 Å². The van der Waals surface area contributed by atoms with Gasteiger partial charge in [-0.15, -0.1) is 0 Å². The molecule has 25 heavy (non-hydrogen) atoms. The molecule has 0 aromatic carbocycles. The molecule has 1 fully saturated rings. The first-order chi connectivity index (χ1) is 12.1. The molecule has 1 aliphatic rings. The number of rotatable bonds is 16. The molecule has 1 rings (SSSR count). The molecule has 0 aromatic rings. The van der Waals surface area contributed by atoms with Gasteiger partial charge in [0, 0.05) is 0 Å². The standard InChI is InChI=1S/C23H46O2/c1-5-7-9-10-11-12-13-14-15-16-17-18-20-22-21(19-8-6-2)24-23(3,4)25-22/h21-22H,5-20H2,1-4H3. The van der Waals surface area contributed by atoms with Crippen LogP contribution in [0.25, 0.3) is 0 Å². The first-order valence-corrected chi connectivity index (χ1v) is 11.4. The van der Waals surface area contributed by atoms with E-state index in [-0.39, 0.29) is 5.79 Å². The van der Waals surface area contributed by atoms with Crippen LogP contribution in [-0.4, -0.2) is 18.0 Å². The highest BCUT2D eigenvalue weighted by Crippen LogP contribution is 2.33. The third kappa shape index (κ3) is 11.3. The van der Waals surface area contributed by atoms with Crippen LogP contribution in [0.15, 0.2) is 0 Å². The summed E-state index contributed by atoms with van der Waals surface area (Å²) < 4.78 is 12.2. The Balaban J connectivity index is 1.96. The van der Waals surface area contributed by atoms with Crippen molar-refractivity contribution in [3.63, 3.8) is 0 Å². The molecule has 0 aromatic heterocycles. The first-order valence-electron chi connectivity index (χ1n) is 11.4. The third-order valence-electron chi connectivity index (χ3n) is 5.47. The molecule has 2 nitrogen and oxygen atoms in total. The van der Waals surface area contributed by atoms with Gasteiger partial charge in [0.25, 0.3) is 0 Å². The molecule has 0 bridgehead atoms. The van der Waals surface area contributed by atoms with E-state index < -0.39 is 0 Å². The SMILES string of the molecule is CCCCCCCCCCCCCCC1OC(C)(C)OC1CCCC. The fourth-order valence-corrected chi connectivity index (χ4v) is 3.99. The molecule has 0 N–H and O–H groups in total. The summed E-state index contributed by atoms with van der Waals surface area (Å²) in [5.41, 5.74) is 0. The number of hydrogen-bond acceptors (Lipinski definition) is 2. The molecule has 1 heterocycles. The van der Waals surface area contributed by atoms with E-state index in [1.54, 1.807) is 0 Å². The Labute approximate surface area is 158 Å². The van der Waals surface area contributed by atoms with Gasteiger partial charge in [-0.1, -0.05) is 104 Å². The molecule has 150 valence electrons. The molecular formula is C23H46O2. The highest BCUT2D eigenvalue weighted by Gasteiger charge is 2.40. The first kappa shape index (κ1) is 23.0. The maximum atomic E-state index is 6.14. The van der Waals surface area contributed by atoms with Gasteiger partial charge in [-0.2, -0.15) is 0 Å². The minimum atomic E-state index is -0.375. The molecule has 0 amide bonds. The number of hydrogen-bond donors (Lipinski definition) is 0. The van der Waals surface area contributed by atoms with Gasteiger partial charge in [0.05, 0.1) is 12.2 Å². The Kier molecular flexibility index (Phi) is 12.9. The summed E-state index contributed by atoms with van der Waals surface area (Å²) >= 11 is 0. The van der Waals surface area contributed by atoms with Crippen LogP contribution in [0, 0.1) is 0 Å². The second-order valence-corrected chi connectivity index (χ2v) is 8.53. The van der Waals surface area contributed by atoms with E-state index in [1.807, 2.05) is 0 Å². The lowest BCUT2D eigenvalue weighted by atomic mass is 10.0. The summed E-state index contributed by atoms with van der Waals surface area (Å²) in [6.45, 7) is 8.67. The average molecular weight is 355 g/mol. The molecule has 0 spiro atoms. The van der Waals surface area contributed by atoms with Gasteiger partial charge >= 0.3 is 0 Å². The Hall–Kier alpha value is -0.0800. The van der Waals surface area contributed by atoms with Crippen molar-refractivity contribution >= 4 is 0 Å². The Bertz CT molecular complexity index is 300. The van der Waals surface area contributed by atoms with Crippen LogP contribution in [0.3, 0.4) is 0 Å². The van der Waals surface area contributed by atoms with E-state index in [9.17, 15) is 0 Å². The van der Waals surface area contributed by atoms with Gasteiger partial charge in [-0.05, 0) is 26.7 Å². The smallest absolute Gasteiger partial charge is 0.163 e. The Morgan fingerprint density at radius 1 is 0.520 bits per heavy atom. The number of ether oxygens (including phenoxy) is 2. The summed E-state index contributed by atoms with van der Waals surface area (Å²) in [4.78, 5) is 0. The molecule has 1 aliphatic heterocycles. The van der Waals surface area contributed by atoms with Crippen LogP contribution in [0.5, 0.6) is 0 Å². The minimum absolute atomic E-state index is 0.322. The highest BCUT2D eigenvalue weighted by molar-refractivity contribution is 4.81. The lowest BCUT2D eigenvalue weighted by Crippen LogP contribution is -2.22. The summed E-state index contributed by atoms with van der Waals surface area (Å²) in [5, 5.41) is 0. The van der Waals surface area contributed by atoms with Crippen molar-refractivity contribution in [2.24, 2.45) is 0 Å². The quantitative estimate of drug-likeness (QED) is 0.263. The van der Waals surface area contributed by atoms with Crippen LogP contribution in [0.2, 0.25) is 0 Å². The van der Waals surface area contributed by atoms with Crippen LogP contribution >= 0.6 is 0 Å². The predicted molar refractivity (Wildman–Crippen MR) is 109 cm³/mol. The molecule has 0 aliphatic carbocycles. The van der Waals surface area contributed by atoms with Crippen molar-refractivity contribution in [2.75, 3.05) is 0 Å². The lowest BCUT2D eigenvalue weighted by Gasteiger charge is -2.16. The molecule has 1 saturated heterocycles. The Morgan fingerprint density at radius 3 is 1.32 bits per heavy atom. The van der Waals surface area contributed by atoms with Crippen LogP contribution in [0.1, 0.15) is 130 Å². The van der Waals surface area contributed by atoms with Crippen molar-refractivity contribution in [1.29, 1.82) is 0 Å². The van der Waals surface area contributed by atoms with Crippen molar-refractivity contribution in [3.8, 4) is 0 Å². The summed E-state index contributed by atoms with van der Waals surface area (Å²) in [5.74, 6) is -0.375. The normalized spacial score (nSPS) is 22.6. The van der Waals surface area contributed by atoms with E-state index in [1.165, 1.54) is 96.3 Å². The average Bonchev–Trinajstić information content (AvgIpc) is 2.87. The van der Waals surface area contributed by atoms with Crippen LogP contribution in [0.4, 0.5) is 0 Å². The van der Waals surface area contributed by atoms with E-state index in [2.05, 4.69) is 27.7 Å². The predicted octanol–water partition coefficient (Wildman–Crippen LogP) is 7.79. The van der Waals surface area contributed by atoms with Gasteiger partial charge in [0.1, 0.15) is 0 Å². The second-order valence-electron chi connectivity index (χ2n) is 8.53. The monoisotopic (exact) mass is 354 g/mol.